The monoisotopic (exact) mass is 481 g/mol. The molecule has 0 aromatic heterocycles. The number of hydrazone groups is 1. The number of hydrogen-bond acceptors (Lipinski definition) is 7. The van der Waals surface area contributed by atoms with Crippen LogP contribution < -0.4 is 23.9 Å². The van der Waals surface area contributed by atoms with Crippen LogP contribution in [0.4, 0.5) is 5.69 Å². The largest absolute Gasteiger partial charge is 0.486 e. The Labute approximate surface area is 197 Å². The molecule has 1 heterocycles. The summed E-state index contributed by atoms with van der Waals surface area (Å²) >= 11 is 0. The van der Waals surface area contributed by atoms with Gasteiger partial charge in [-0.3, -0.25) is 9.10 Å². The SMILES string of the molecule is CS(=O)(=O)N(CC(=O)N/N=C\c1cccc2c1OCCO2)c1ccc(Oc2ccccc2)cc1. The molecular weight excluding hydrogens is 458 g/mol. The Morgan fingerprint density at radius 2 is 1.71 bits per heavy atom. The van der Waals surface area contributed by atoms with Crippen molar-refractivity contribution in [2.75, 3.05) is 30.3 Å². The van der Waals surface area contributed by atoms with Crippen LogP contribution in [0.5, 0.6) is 23.0 Å². The molecule has 1 aliphatic rings. The quantitative estimate of drug-likeness (QED) is 0.391. The zero-order valence-electron chi connectivity index (χ0n) is 18.4. The molecule has 0 aliphatic carbocycles. The van der Waals surface area contributed by atoms with Crippen molar-refractivity contribution in [2.24, 2.45) is 5.10 Å². The predicted octanol–water partition coefficient (Wildman–Crippen LogP) is 3.17. The van der Waals surface area contributed by atoms with Crippen LogP contribution in [0.15, 0.2) is 77.9 Å². The maximum absolute atomic E-state index is 12.4. The van der Waals surface area contributed by atoms with E-state index in [2.05, 4.69) is 10.5 Å². The molecule has 34 heavy (non-hydrogen) atoms. The van der Waals surface area contributed by atoms with Crippen LogP contribution in [0.1, 0.15) is 5.56 Å². The molecule has 1 aliphatic heterocycles. The lowest BCUT2D eigenvalue weighted by molar-refractivity contribution is -0.119. The number of fused-ring (bicyclic) bond motifs is 1. The summed E-state index contributed by atoms with van der Waals surface area (Å²) in [6.45, 7) is 0.440. The van der Waals surface area contributed by atoms with Crippen molar-refractivity contribution in [1.82, 2.24) is 5.43 Å². The Hall–Kier alpha value is -4.05. The Morgan fingerprint density at radius 1 is 1.00 bits per heavy atom. The molecule has 0 saturated heterocycles. The average Bonchev–Trinajstić information content (AvgIpc) is 2.83. The van der Waals surface area contributed by atoms with Crippen molar-refractivity contribution >= 4 is 27.8 Å². The van der Waals surface area contributed by atoms with Gasteiger partial charge in [0.2, 0.25) is 10.0 Å². The molecule has 0 spiro atoms. The predicted molar refractivity (Wildman–Crippen MR) is 128 cm³/mol. The summed E-state index contributed by atoms with van der Waals surface area (Å²) in [6, 6.07) is 21.0. The Morgan fingerprint density at radius 3 is 2.44 bits per heavy atom. The first kappa shape index (κ1) is 23.1. The van der Waals surface area contributed by atoms with Crippen molar-refractivity contribution < 1.29 is 27.4 Å². The van der Waals surface area contributed by atoms with E-state index in [-0.39, 0.29) is 0 Å². The van der Waals surface area contributed by atoms with E-state index in [0.717, 1.165) is 10.6 Å². The van der Waals surface area contributed by atoms with Crippen LogP contribution in [0, 0.1) is 0 Å². The number of para-hydroxylation sites is 2. The molecular formula is C24H23N3O6S. The van der Waals surface area contributed by atoms with Crippen LogP contribution in [-0.2, 0) is 14.8 Å². The second-order valence-corrected chi connectivity index (χ2v) is 9.25. The third kappa shape index (κ3) is 5.84. The first-order valence-electron chi connectivity index (χ1n) is 10.4. The van der Waals surface area contributed by atoms with Crippen molar-refractivity contribution in [3.8, 4) is 23.0 Å². The van der Waals surface area contributed by atoms with Crippen LogP contribution in [0.3, 0.4) is 0 Å². The molecule has 176 valence electrons. The van der Waals surface area contributed by atoms with Gasteiger partial charge in [-0.05, 0) is 48.5 Å². The van der Waals surface area contributed by atoms with E-state index >= 15 is 0 Å². The highest BCUT2D eigenvalue weighted by molar-refractivity contribution is 7.92. The number of hydrogen-bond donors (Lipinski definition) is 1. The molecule has 1 amide bonds. The maximum Gasteiger partial charge on any atom is 0.260 e. The van der Waals surface area contributed by atoms with Crippen molar-refractivity contribution in [3.63, 3.8) is 0 Å². The number of nitrogens with zero attached hydrogens (tertiary/aromatic N) is 2. The minimum Gasteiger partial charge on any atom is -0.486 e. The number of carbonyl (C=O) groups is 1. The molecule has 3 aromatic carbocycles. The first-order chi connectivity index (χ1) is 16.4. The van der Waals surface area contributed by atoms with Gasteiger partial charge in [0.25, 0.3) is 5.91 Å². The lowest BCUT2D eigenvalue weighted by atomic mass is 10.2. The van der Waals surface area contributed by atoms with Crippen molar-refractivity contribution in [3.05, 3.63) is 78.4 Å². The van der Waals surface area contributed by atoms with Gasteiger partial charge in [-0.15, -0.1) is 0 Å². The molecule has 9 nitrogen and oxygen atoms in total. The Kier molecular flexibility index (Phi) is 6.98. The number of amides is 1. The van der Waals surface area contributed by atoms with Crippen LogP contribution in [-0.4, -0.2) is 46.6 Å². The molecule has 0 radical (unpaired) electrons. The molecule has 3 aromatic rings. The van der Waals surface area contributed by atoms with E-state index in [1.165, 1.54) is 6.21 Å². The second-order valence-electron chi connectivity index (χ2n) is 7.34. The fourth-order valence-corrected chi connectivity index (χ4v) is 4.10. The molecule has 0 bridgehead atoms. The number of carbonyl (C=O) groups excluding carboxylic acids is 1. The number of nitrogens with one attached hydrogen (secondary N) is 1. The molecule has 4 rings (SSSR count). The lowest BCUT2D eigenvalue weighted by Gasteiger charge is -2.21. The molecule has 0 unspecified atom stereocenters. The lowest BCUT2D eigenvalue weighted by Crippen LogP contribution is -2.39. The normalized spacial score (nSPS) is 12.9. The van der Waals surface area contributed by atoms with Gasteiger partial charge in [-0.1, -0.05) is 24.3 Å². The van der Waals surface area contributed by atoms with Gasteiger partial charge in [0.15, 0.2) is 11.5 Å². The summed E-state index contributed by atoms with van der Waals surface area (Å²) < 4.78 is 42.5. The van der Waals surface area contributed by atoms with E-state index in [1.54, 1.807) is 42.5 Å². The number of rotatable bonds is 8. The van der Waals surface area contributed by atoms with Gasteiger partial charge >= 0.3 is 0 Å². The summed E-state index contributed by atoms with van der Waals surface area (Å²) in [5.74, 6) is 1.74. The van der Waals surface area contributed by atoms with Crippen LogP contribution >= 0.6 is 0 Å². The van der Waals surface area contributed by atoms with E-state index in [9.17, 15) is 13.2 Å². The molecule has 0 saturated carbocycles. The first-order valence-corrected chi connectivity index (χ1v) is 12.3. The van der Waals surface area contributed by atoms with Gasteiger partial charge in [0.1, 0.15) is 31.3 Å². The number of benzene rings is 3. The maximum atomic E-state index is 12.4. The van der Waals surface area contributed by atoms with Crippen molar-refractivity contribution in [1.29, 1.82) is 0 Å². The number of anilines is 1. The fourth-order valence-electron chi connectivity index (χ4n) is 3.24. The van der Waals surface area contributed by atoms with Gasteiger partial charge < -0.3 is 14.2 Å². The highest BCUT2D eigenvalue weighted by Crippen LogP contribution is 2.32. The minimum absolute atomic E-state index is 0.324. The van der Waals surface area contributed by atoms with E-state index < -0.39 is 22.5 Å². The topological polar surface area (TPSA) is 107 Å². The summed E-state index contributed by atoms with van der Waals surface area (Å²) in [6.07, 6.45) is 2.46. The van der Waals surface area contributed by atoms with E-state index in [1.807, 2.05) is 30.3 Å². The molecule has 0 atom stereocenters. The van der Waals surface area contributed by atoms with Crippen molar-refractivity contribution in [2.45, 2.75) is 0 Å². The van der Waals surface area contributed by atoms with Crippen LogP contribution in [0.25, 0.3) is 0 Å². The summed E-state index contributed by atoms with van der Waals surface area (Å²) in [5.41, 5.74) is 3.31. The minimum atomic E-state index is -3.73. The highest BCUT2D eigenvalue weighted by Gasteiger charge is 2.21. The second kappa shape index (κ2) is 10.3. The Balaban J connectivity index is 1.42. The summed E-state index contributed by atoms with van der Waals surface area (Å²) in [4.78, 5) is 12.4. The van der Waals surface area contributed by atoms with Gasteiger partial charge in [0, 0.05) is 5.56 Å². The molecule has 1 N–H and O–H groups in total. The Bertz CT molecular complexity index is 1280. The third-order valence-corrected chi connectivity index (χ3v) is 5.92. The van der Waals surface area contributed by atoms with Crippen LogP contribution in [0.2, 0.25) is 0 Å². The smallest absolute Gasteiger partial charge is 0.260 e. The molecule has 10 heteroatoms. The summed E-state index contributed by atoms with van der Waals surface area (Å²) in [7, 11) is -3.73. The standard InChI is InChI=1S/C24H23N3O6S/c1-34(29,30)27(19-10-12-21(13-11-19)33-20-7-3-2-4-8-20)17-23(28)26-25-16-18-6-5-9-22-24(18)32-15-14-31-22/h2-13,16H,14-15,17H2,1H3,(H,26,28)/b25-16-. The number of sulfonamides is 1. The zero-order chi connectivity index (χ0) is 24.0. The fraction of sp³-hybridized carbons (Fsp3) is 0.167. The van der Waals surface area contributed by atoms with Gasteiger partial charge in [-0.25, -0.2) is 13.8 Å². The average molecular weight is 482 g/mol. The zero-order valence-corrected chi connectivity index (χ0v) is 19.2. The summed E-state index contributed by atoms with van der Waals surface area (Å²) in [5, 5.41) is 3.94. The highest BCUT2D eigenvalue weighted by atomic mass is 32.2. The third-order valence-electron chi connectivity index (χ3n) is 4.78. The van der Waals surface area contributed by atoms with E-state index in [4.69, 9.17) is 14.2 Å². The van der Waals surface area contributed by atoms with Gasteiger partial charge in [0.05, 0.1) is 18.2 Å². The van der Waals surface area contributed by atoms with Gasteiger partial charge in [-0.2, -0.15) is 5.10 Å². The number of ether oxygens (including phenoxy) is 3. The van der Waals surface area contributed by atoms with E-state index in [0.29, 0.717) is 47.5 Å². The molecule has 0 fully saturated rings.